The Morgan fingerprint density at radius 1 is 1.42 bits per heavy atom. The third-order valence-corrected chi connectivity index (χ3v) is 4.95. The van der Waals surface area contributed by atoms with Crippen LogP contribution in [0, 0.1) is 12.7 Å². The molecule has 0 aliphatic carbocycles. The molecule has 1 saturated heterocycles. The highest BCUT2D eigenvalue weighted by Gasteiger charge is 2.26. The third-order valence-electron chi connectivity index (χ3n) is 4.95. The van der Waals surface area contributed by atoms with Crippen LogP contribution in [-0.4, -0.2) is 44.2 Å². The Kier molecular flexibility index (Phi) is 2.61. The van der Waals surface area contributed by atoms with Gasteiger partial charge in [0.1, 0.15) is 17.7 Å². The first-order chi connectivity index (χ1) is 20.2. The number of rotatable bonds is 4. The maximum Gasteiger partial charge on any atom is 0.257 e. The zero-order chi connectivity index (χ0) is 34.1. The molecule has 164 valence electrons. The summed E-state index contributed by atoms with van der Waals surface area (Å²) in [6.45, 7) is -11.3. The van der Waals surface area contributed by atoms with Crippen LogP contribution < -0.4 is 5.56 Å². The van der Waals surface area contributed by atoms with E-state index in [1.807, 2.05) is 0 Å². The van der Waals surface area contributed by atoms with Crippen LogP contribution in [0.1, 0.15) is 79.5 Å². The summed E-state index contributed by atoms with van der Waals surface area (Å²) in [5.41, 5.74) is -4.22. The molecule has 8 heteroatoms. The predicted octanol–water partition coefficient (Wildman–Crippen LogP) is 3.08. The van der Waals surface area contributed by atoms with Crippen LogP contribution in [0.15, 0.2) is 27.5 Å². The van der Waals surface area contributed by atoms with Gasteiger partial charge in [-0.25, -0.2) is 9.37 Å². The lowest BCUT2D eigenvalue weighted by molar-refractivity contribution is 0.129. The van der Waals surface area contributed by atoms with Gasteiger partial charge in [-0.05, 0) is 64.0 Å². The largest absolute Gasteiger partial charge is 0.385 e. The monoisotopic (exact) mass is 440 g/mol. The summed E-state index contributed by atoms with van der Waals surface area (Å²) < 4.78 is 142. The zero-order valence-electron chi connectivity index (χ0n) is 30.3. The highest BCUT2D eigenvalue weighted by Crippen LogP contribution is 2.32. The number of halogens is 1. The van der Waals surface area contributed by atoms with Crippen molar-refractivity contribution >= 4 is 11.0 Å². The normalized spacial score (nSPS) is 37.8. The second kappa shape index (κ2) is 8.16. The number of hydrogen-bond acceptors (Lipinski definition) is 6. The fourth-order valence-electron chi connectivity index (χ4n) is 3.41. The molecule has 1 atom stereocenters. The molecule has 5 rings (SSSR count). The molecule has 1 N–H and O–H groups in total. The minimum Gasteiger partial charge on any atom is -0.385 e. The number of aryl methyl sites for hydroxylation is 1. The SMILES string of the molecule is [2H]C1(O)CCCn2c1nc(C)c(C([2H])([2H])C([2H])([2H])N1C([2H])([2H])C([2H])([2H])C([2H])(c3noc4cc(F)ccc34)C([2H])([2H])C1([2H])[2H])c2=O. The molecular weight excluding hydrogens is 399 g/mol. The van der Waals surface area contributed by atoms with Gasteiger partial charge in [0.15, 0.2) is 5.58 Å². The molecule has 4 heterocycles. The lowest BCUT2D eigenvalue weighted by Crippen LogP contribution is -2.37. The van der Waals surface area contributed by atoms with Gasteiger partial charge in [-0.3, -0.25) is 9.36 Å². The standard InChI is InChI=1S/C23H27FN4O3/c1-14-17(23(30)28-9-2-3-19(29)22(28)25-14)8-12-27-10-6-15(7-11-27)21-18-5-4-16(24)13-20(18)31-26-21/h4-5,13,15,19,29H,2-3,6-12H2,1H3/i6D2,7D2,8D2,10D2,11D2,12D2,15D,19D. The molecule has 3 aromatic rings. The van der Waals surface area contributed by atoms with E-state index in [2.05, 4.69) is 10.1 Å². The first-order valence-corrected chi connectivity index (χ1v) is 9.45. The molecule has 1 aromatic carbocycles. The van der Waals surface area contributed by atoms with E-state index in [0.717, 1.165) is 29.7 Å². The van der Waals surface area contributed by atoms with Crippen molar-refractivity contribution < 1.29 is 33.2 Å². The smallest absolute Gasteiger partial charge is 0.257 e. The molecular formula is C23H27FN4O3. The van der Waals surface area contributed by atoms with Gasteiger partial charge in [-0.1, -0.05) is 5.16 Å². The van der Waals surface area contributed by atoms with Crippen molar-refractivity contribution in [2.75, 3.05) is 19.5 Å². The van der Waals surface area contributed by atoms with Crippen molar-refractivity contribution in [3.8, 4) is 0 Å². The predicted molar refractivity (Wildman–Crippen MR) is 114 cm³/mol. The van der Waals surface area contributed by atoms with E-state index in [1.165, 1.54) is 0 Å². The number of nitrogens with zero attached hydrogens (tertiary/aromatic N) is 4. The van der Waals surface area contributed by atoms with Crippen LogP contribution in [0.4, 0.5) is 4.39 Å². The van der Waals surface area contributed by atoms with Crippen molar-refractivity contribution in [3.05, 3.63) is 57.1 Å². The first kappa shape index (κ1) is 9.92. The van der Waals surface area contributed by atoms with Crippen LogP contribution >= 0.6 is 0 Å². The van der Waals surface area contributed by atoms with Gasteiger partial charge in [0.05, 0.1) is 7.06 Å². The summed E-state index contributed by atoms with van der Waals surface area (Å²) in [7, 11) is 0. The molecule has 0 spiro atoms. The number of hydrogen-bond donors (Lipinski definition) is 1. The van der Waals surface area contributed by atoms with Crippen LogP contribution in [0.5, 0.6) is 0 Å². The summed E-state index contributed by atoms with van der Waals surface area (Å²) in [6.07, 6.45) is -14.1. The van der Waals surface area contributed by atoms with E-state index < -0.39 is 95.2 Å². The number of piperidine rings is 1. The molecule has 1 unspecified atom stereocenters. The molecule has 1 fully saturated rings. The fraction of sp³-hybridized carbons (Fsp3) is 0.522. The minimum atomic E-state index is -4.09. The quantitative estimate of drug-likeness (QED) is 0.671. The second-order valence-electron chi connectivity index (χ2n) is 7.00. The molecule has 0 saturated carbocycles. The summed E-state index contributed by atoms with van der Waals surface area (Å²) in [5.74, 6) is -4.97. The summed E-state index contributed by atoms with van der Waals surface area (Å²) in [4.78, 5) is 16.9. The van der Waals surface area contributed by atoms with Crippen molar-refractivity contribution in [1.29, 1.82) is 0 Å². The van der Waals surface area contributed by atoms with Gasteiger partial charge >= 0.3 is 0 Å². The molecule has 7 nitrogen and oxygen atoms in total. The van der Waals surface area contributed by atoms with Crippen LogP contribution in [0.2, 0.25) is 0 Å². The summed E-state index contributed by atoms with van der Waals surface area (Å²) >= 11 is 0. The van der Waals surface area contributed by atoms with Crippen LogP contribution in [-0.2, 0) is 12.9 Å². The molecule has 31 heavy (non-hydrogen) atoms. The third kappa shape index (κ3) is 3.78. The second-order valence-corrected chi connectivity index (χ2v) is 7.00. The van der Waals surface area contributed by atoms with Crippen LogP contribution in [0.25, 0.3) is 11.0 Å². The first-order valence-electron chi connectivity index (χ1n) is 16.5. The highest BCUT2D eigenvalue weighted by molar-refractivity contribution is 5.79. The Morgan fingerprint density at radius 2 is 2.23 bits per heavy atom. The summed E-state index contributed by atoms with van der Waals surface area (Å²) in [5, 5.41) is 13.6. The maximum atomic E-state index is 13.8. The van der Waals surface area contributed by atoms with Gasteiger partial charge in [0, 0.05) is 59.5 Å². The molecule has 2 aliphatic heterocycles. The number of fused-ring (bicyclic) bond motifs is 2. The Hall–Kier alpha value is -2.58. The minimum absolute atomic E-state index is 0.0829. The number of aliphatic hydroxyl groups is 1. The van der Waals surface area contributed by atoms with Crippen LogP contribution in [0.3, 0.4) is 0 Å². The Labute approximate surface area is 199 Å². The van der Waals surface area contributed by atoms with E-state index in [4.69, 9.17) is 23.7 Å². The molecule has 2 aliphatic rings. The number of aromatic nitrogens is 3. The lowest BCUT2D eigenvalue weighted by Gasteiger charge is -2.31. The molecule has 0 bridgehead atoms. The Morgan fingerprint density at radius 3 is 3.03 bits per heavy atom. The van der Waals surface area contributed by atoms with E-state index in [9.17, 15) is 14.3 Å². The Balaban J connectivity index is 1.75. The maximum absolute atomic E-state index is 13.8. The topological polar surface area (TPSA) is 84.4 Å². The number of likely N-dealkylation sites (tertiary alicyclic amines) is 1. The van der Waals surface area contributed by atoms with Gasteiger partial charge < -0.3 is 14.5 Å². The van der Waals surface area contributed by atoms with Crippen molar-refractivity contribution in [1.82, 2.24) is 19.6 Å². The van der Waals surface area contributed by atoms with Gasteiger partial charge in [0.2, 0.25) is 0 Å². The van der Waals surface area contributed by atoms with E-state index in [1.54, 1.807) is 0 Å². The highest BCUT2D eigenvalue weighted by atomic mass is 19.1. The number of benzene rings is 1. The van der Waals surface area contributed by atoms with Gasteiger partial charge in [-0.15, -0.1) is 0 Å². The fourth-order valence-corrected chi connectivity index (χ4v) is 3.41. The lowest BCUT2D eigenvalue weighted by atomic mass is 9.91. The molecule has 0 radical (unpaired) electrons. The van der Waals surface area contributed by atoms with E-state index >= 15 is 0 Å². The van der Waals surface area contributed by atoms with Crippen molar-refractivity contribution in [3.63, 3.8) is 0 Å². The van der Waals surface area contributed by atoms with Gasteiger partial charge in [-0.2, -0.15) is 0 Å². The zero-order valence-corrected chi connectivity index (χ0v) is 16.3. The average Bonchev–Trinajstić information content (AvgIpc) is 3.30. The van der Waals surface area contributed by atoms with E-state index in [-0.39, 0.29) is 24.8 Å². The summed E-state index contributed by atoms with van der Waals surface area (Å²) in [6, 6.07) is 2.57. The van der Waals surface area contributed by atoms with Gasteiger partial charge in [0.25, 0.3) is 5.56 Å². The molecule has 0 amide bonds. The van der Waals surface area contributed by atoms with Crippen molar-refractivity contribution in [2.45, 2.75) is 57.4 Å². The molecule has 2 aromatic heterocycles. The van der Waals surface area contributed by atoms with E-state index in [0.29, 0.717) is 0 Å². The Bertz CT molecular complexity index is 1750. The van der Waals surface area contributed by atoms with Crippen molar-refractivity contribution in [2.24, 2.45) is 0 Å². The average molecular weight is 441 g/mol.